The summed E-state index contributed by atoms with van der Waals surface area (Å²) in [6, 6.07) is 3.31. The van der Waals surface area contributed by atoms with E-state index in [9.17, 15) is 13.2 Å². The van der Waals surface area contributed by atoms with E-state index in [1.807, 2.05) is 0 Å². The van der Waals surface area contributed by atoms with E-state index in [2.05, 4.69) is 15.9 Å². The number of hydrogen-bond donors (Lipinski definition) is 2. The maximum atomic E-state index is 12.4. The summed E-state index contributed by atoms with van der Waals surface area (Å²) in [6.45, 7) is -0.0130. The van der Waals surface area contributed by atoms with Gasteiger partial charge in [0.15, 0.2) is 0 Å². The maximum absolute atomic E-state index is 12.4. The van der Waals surface area contributed by atoms with Crippen molar-refractivity contribution < 1.29 is 18.3 Å². The van der Waals surface area contributed by atoms with E-state index >= 15 is 0 Å². The topological polar surface area (TPSA) is 46.2 Å². The number of alkyl halides is 3. The van der Waals surface area contributed by atoms with Crippen molar-refractivity contribution in [1.29, 1.82) is 0 Å². The smallest absolute Gasteiger partial charge is 0.396 e. The van der Waals surface area contributed by atoms with Crippen molar-refractivity contribution >= 4 is 15.9 Å². The van der Waals surface area contributed by atoms with E-state index in [-0.39, 0.29) is 19.1 Å². The monoisotopic (exact) mass is 297 g/mol. The number of aliphatic hydroxyl groups is 1. The van der Waals surface area contributed by atoms with Gasteiger partial charge in [0.1, 0.15) is 0 Å². The minimum atomic E-state index is -4.36. The van der Waals surface area contributed by atoms with Crippen LogP contribution in [-0.2, 0) is 6.18 Å². The zero-order chi connectivity index (χ0) is 12.3. The molecule has 1 aromatic rings. The zero-order valence-electron chi connectivity index (χ0n) is 8.26. The second-order valence-corrected chi connectivity index (χ2v) is 4.20. The third-order valence-electron chi connectivity index (χ3n) is 2.27. The van der Waals surface area contributed by atoms with Gasteiger partial charge in [-0.25, -0.2) is 0 Å². The standard InChI is InChI=1S/C10H11BrF3NO/c11-9-3-7(10(12,13)14)1-2-8(9)6(4-15)5-16/h1-3,6,16H,4-5,15H2. The number of hydrogen-bond acceptors (Lipinski definition) is 2. The van der Waals surface area contributed by atoms with Crippen LogP contribution in [0, 0.1) is 0 Å². The van der Waals surface area contributed by atoms with Crippen molar-refractivity contribution in [3.63, 3.8) is 0 Å². The number of rotatable bonds is 3. The summed E-state index contributed by atoms with van der Waals surface area (Å²) in [5.41, 5.74) is 5.26. The average molecular weight is 298 g/mol. The minimum absolute atomic E-state index is 0.181. The highest BCUT2D eigenvalue weighted by atomic mass is 79.9. The summed E-state index contributed by atoms with van der Waals surface area (Å²) >= 11 is 3.06. The van der Waals surface area contributed by atoms with E-state index in [1.165, 1.54) is 6.07 Å². The molecule has 0 aliphatic rings. The molecule has 1 aromatic carbocycles. The second-order valence-electron chi connectivity index (χ2n) is 3.35. The van der Waals surface area contributed by atoms with Crippen molar-refractivity contribution in [3.05, 3.63) is 33.8 Å². The van der Waals surface area contributed by atoms with E-state index in [1.54, 1.807) is 0 Å². The first-order valence-corrected chi connectivity index (χ1v) is 5.37. The van der Waals surface area contributed by atoms with Crippen molar-refractivity contribution in [1.82, 2.24) is 0 Å². The third-order valence-corrected chi connectivity index (χ3v) is 2.96. The molecule has 90 valence electrons. The molecule has 1 rings (SSSR count). The molecule has 0 bridgehead atoms. The van der Waals surface area contributed by atoms with Crippen LogP contribution in [0.5, 0.6) is 0 Å². The molecule has 0 saturated heterocycles. The highest BCUT2D eigenvalue weighted by molar-refractivity contribution is 9.10. The molecular weight excluding hydrogens is 287 g/mol. The predicted molar refractivity (Wildman–Crippen MR) is 58.0 cm³/mol. The Hall–Kier alpha value is -0.590. The molecule has 1 atom stereocenters. The SMILES string of the molecule is NCC(CO)c1ccc(C(F)(F)F)cc1Br. The van der Waals surface area contributed by atoms with Gasteiger partial charge >= 0.3 is 6.18 Å². The lowest BCUT2D eigenvalue weighted by Crippen LogP contribution is -2.17. The van der Waals surface area contributed by atoms with Crippen LogP contribution in [0.2, 0.25) is 0 Å². The second kappa shape index (κ2) is 5.16. The molecule has 0 heterocycles. The Balaban J connectivity index is 3.09. The van der Waals surface area contributed by atoms with Crippen LogP contribution < -0.4 is 5.73 Å². The molecule has 0 amide bonds. The van der Waals surface area contributed by atoms with Crippen molar-refractivity contribution in [2.75, 3.05) is 13.2 Å². The van der Waals surface area contributed by atoms with E-state index in [0.717, 1.165) is 12.1 Å². The Morgan fingerprint density at radius 3 is 2.38 bits per heavy atom. The van der Waals surface area contributed by atoms with E-state index < -0.39 is 11.7 Å². The van der Waals surface area contributed by atoms with Crippen LogP contribution in [-0.4, -0.2) is 18.3 Å². The molecule has 0 saturated carbocycles. The summed E-state index contributed by atoms with van der Waals surface area (Å²) < 4.78 is 37.4. The van der Waals surface area contributed by atoms with Gasteiger partial charge in [-0.2, -0.15) is 13.2 Å². The number of halogens is 4. The van der Waals surface area contributed by atoms with Gasteiger partial charge < -0.3 is 10.8 Å². The van der Waals surface area contributed by atoms with Crippen LogP contribution >= 0.6 is 15.9 Å². The summed E-state index contributed by atoms with van der Waals surface area (Å²) in [5.74, 6) is -0.350. The third kappa shape index (κ3) is 2.96. The Morgan fingerprint density at radius 2 is 2.00 bits per heavy atom. The van der Waals surface area contributed by atoms with Gasteiger partial charge in [-0.05, 0) is 17.7 Å². The summed E-state index contributed by atoms with van der Waals surface area (Å²) in [7, 11) is 0. The molecule has 16 heavy (non-hydrogen) atoms. The summed E-state index contributed by atoms with van der Waals surface area (Å²) in [5, 5.41) is 9.01. The molecule has 3 N–H and O–H groups in total. The number of nitrogens with two attached hydrogens (primary N) is 1. The van der Waals surface area contributed by atoms with Gasteiger partial charge in [-0.1, -0.05) is 22.0 Å². The first kappa shape index (κ1) is 13.5. The number of benzene rings is 1. The van der Waals surface area contributed by atoms with E-state index in [4.69, 9.17) is 10.8 Å². The average Bonchev–Trinajstić information content (AvgIpc) is 2.20. The molecule has 0 aromatic heterocycles. The molecule has 0 fully saturated rings. The zero-order valence-corrected chi connectivity index (χ0v) is 9.85. The van der Waals surface area contributed by atoms with Crippen LogP contribution in [0.15, 0.2) is 22.7 Å². The molecule has 2 nitrogen and oxygen atoms in total. The minimum Gasteiger partial charge on any atom is -0.396 e. The van der Waals surface area contributed by atoms with Crippen LogP contribution in [0.25, 0.3) is 0 Å². The predicted octanol–water partition coefficient (Wildman–Crippen LogP) is 2.50. The Morgan fingerprint density at radius 1 is 1.38 bits per heavy atom. The fourth-order valence-electron chi connectivity index (χ4n) is 1.33. The van der Waals surface area contributed by atoms with Crippen LogP contribution in [0.3, 0.4) is 0 Å². The maximum Gasteiger partial charge on any atom is 0.416 e. The molecular formula is C10H11BrF3NO. The molecule has 0 aliphatic carbocycles. The lowest BCUT2D eigenvalue weighted by atomic mass is 9.99. The lowest BCUT2D eigenvalue weighted by molar-refractivity contribution is -0.137. The van der Waals surface area contributed by atoms with Gasteiger partial charge in [-0.3, -0.25) is 0 Å². The first-order chi connectivity index (χ1) is 7.40. The Bertz CT molecular complexity index is 364. The Kier molecular flexibility index (Phi) is 4.35. The van der Waals surface area contributed by atoms with Crippen LogP contribution in [0.4, 0.5) is 13.2 Å². The first-order valence-electron chi connectivity index (χ1n) is 4.57. The van der Waals surface area contributed by atoms with Gasteiger partial charge in [0, 0.05) is 16.9 Å². The fraction of sp³-hybridized carbons (Fsp3) is 0.400. The van der Waals surface area contributed by atoms with Crippen molar-refractivity contribution in [3.8, 4) is 0 Å². The molecule has 0 aliphatic heterocycles. The van der Waals surface area contributed by atoms with Gasteiger partial charge in [0.25, 0.3) is 0 Å². The quantitative estimate of drug-likeness (QED) is 0.900. The lowest BCUT2D eigenvalue weighted by Gasteiger charge is -2.15. The normalized spacial score (nSPS) is 13.9. The van der Waals surface area contributed by atoms with Crippen molar-refractivity contribution in [2.45, 2.75) is 12.1 Å². The summed E-state index contributed by atoms with van der Waals surface area (Å²) in [6.07, 6.45) is -4.36. The largest absolute Gasteiger partial charge is 0.416 e. The molecule has 0 radical (unpaired) electrons. The Labute approximate surface area is 99.4 Å². The molecule has 1 unspecified atom stereocenters. The number of aliphatic hydroxyl groups excluding tert-OH is 1. The van der Waals surface area contributed by atoms with Gasteiger partial charge in [0.05, 0.1) is 12.2 Å². The van der Waals surface area contributed by atoms with E-state index in [0.29, 0.717) is 10.0 Å². The summed E-state index contributed by atoms with van der Waals surface area (Å²) in [4.78, 5) is 0. The van der Waals surface area contributed by atoms with Crippen molar-refractivity contribution in [2.24, 2.45) is 5.73 Å². The molecule has 0 spiro atoms. The fourth-order valence-corrected chi connectivity index (χ4v) is 2.04. The highest BCUT2D eigenvalue weighted by Gasteiger charge is 2.31. The van der Waals surface area contributed by atoms with Crippen LogP contribution in [0.1, 0.15) is 17.0 Å². The highest BCUT2D eigenvalue weighted by Crippen LogP contribution is 2.34. The van der Waals surface area contributed by atoms with Gasteiger partial charge in [-0.15, -0.1) is 0 Å². The van der Waals surface area contributed by atoms with Gasteiger partial charge in [0.2, 0.25) is 0 Å². The molecule has 6 heteroatoms.